The summed E-state index contributed by atoms with van der Waals surface area (Å²) in [5, 5.41) is 14.7. The van der Waals surface area contributed by atoms with Crippen molar-refractivity contribution in [2.45, 2.75) is 64.1 Å². The van der Waals surface area contributed by atoms with Gasteiger partial charge in [0.2, 0.25) is 5.91 Å². The third-order valence-electron chi connectivity index (χ3n) is 6.73. The Balaban J connectivity index is 1.47. The predicted molar refractivity (Wildman–Crippen MR) is 128 cm³/mol. The lowest BCUT2D eigenvalue weighted by molar-refractivity contribution is -0.135. The number of hydrogen-bond acceptors (Lipinski definition) is 8. The second-order valence-electron chi connectivity index (χ2n) is 9.05. The maximum absolute atomic E-state index is 12.4. The van der Waals surface area contributed by atoms with E-state index >= 15 is 0 Å². The highest BCUT2D eigenvalue weighted by atomic mass is 16.5. The summed E-state index contributed by atoms with van der Waals surface area (Å²) in [4.78, 5) is 36.0. The number of nitrogens with zero attached hydrogens (tertiary/aromatic N) is 4. The number of piperidine rings is 1. The topological polar surface area (TPSA) is 125 Å². The van der Waals surface area contributed by atoms with Crippen molar-refractivity contribution in [2.24, 2.45) is 0 Å². The summed E-state index contributed by atoms with van der Waals surface area (Å²) in [6.07, 6.45) is 5.86. The van der Waals surface area contributed by atoms with Gasteiger partial charge in [-0.3, -0.25) is 14.9 Å². The van der Waals surface area contributed by atoms with Crippen molar-refractivity contribution in [1.29, 1.82) is 0 Å². The number of aromatic amines is 1. The van der Waals surface area contributed by atoms with Gasteiger partial charge >= 0.3 is 5.97 Å². The molecule has 0 aliphatic carbocycles. The molecular formula is C24H29N7O3. The summed E-state index contributed by atoms with van der Waals surface area (Å²) in [5.41, 5.74) is 2.00. The number of methoxy groups -OCH3 is 1. The Kier molecular flexibility index (Phi) is 5.80. The normalized spacial score (nSPS) is 21.5. The lowest BCUT2D eigenvalue weighted by atomic mass is 9.96. The van der Waals surface area contributed by atoms with E-state index in [9.17, 15) is 9.59 Å². The molecular weight excluding hydrogens is 434 g/mol. The van der Waals surface area contributed by atoms with Gasteiger partial charge < -0.3 is 20.3 Å². The van der Waals surface area contributed by atoms with Crippen LogP contribution in [-0.4, -0.2) is 62.2 Å². The van der Waals surface area contributed by atoms with Crippen LogP contribution in [0.5, 0.6) is 0 Å². The van der Waals surface area contributed by atoms with Crippen LogP contribution in [0, 0.1) is 6.92 Å². The van der Waals surface area contributed by atoms with E-state index in [0.29, 0.717) is 35.0 Å². The van der Waals surface area contributed by atoms with Crippen LogP contribution in [0.2, 0.25) is 0 Å². The largest absolute Gasteiger partial charge is 0.465 e. The molecule has 1 amide bonds. The smallest absolute Gasteiger partial charge is 0.339 e. The number of amides is 1. The second-order valence-corrected chi connectivity index (χ2v) is 9.05. The van der Waals surface area contributed by atoms with E-state index < -0.39 is 5.97 Å². The van der Waals surface area contributed by atoms with Gasteiger partial charge in [-0.15, -0.1) is 0 Å². The highest BCUT2D eigenvalue weighted by Crippen LogP contribution is 2.38. The predicted octanol–water partition coefficient (Wildman–Crippen LogP) is 3.54. The number of hydrogen-bond donors (Lipinski definition) is 3. The molecule has 2 bridgehead atoms. The lowest BCUT2D eigenvalue weighted by Gasteiger charge is -2.39. The number of pyridine rings is 2. The number of nitrogens with one attached hydrogen (secondary N) is 3. The molecule has 0 saturated carbocycles. The average Bonchev–Trinajstić information content (AvgIpc) is 3.37. The maximum Gasteiger partial charge on any atom is 0.339 e. The lowest BCUT2D eigenvalue weighted by Crippen LogP contribution is -2.49. The van der Waals surface area contributed by atoms with Gasteiger partial charge in [-0.2, -0.15) is 5.10 Å². The highest BCUT2D eigenvalue weighted by molar-refractivity contribution is 5.98. The molecule has 3 aromatic heterocycles. The van der Waals surface area contributed by atoms with Crippen molar-refractivity contribution in [1.82, 2.24) is 25.1 Å². The number of aryl methyl sites for hydroxylation is 1. The summed E-state index contributed by atoms with van der Waals surface area (Å²) in [6.45, 7) is 3.85. The van der Waals surface area contributed by atoms with Crippen molar-refractivity contribution < 1.29 is 14.3 Å². The first kappa shape index (κ1) is 22.1. The average molecular weight is 464 g/mol. The minimum absolute atomic E-state index is 0.166. The van der Waals surface area contributed by atoms with Gasteiger partial charge in [0, 0.05) is 54.0 Å². The van der Waals surface area contributed by atoms with E-state index in [1.165, 1.54) is 13.3 Å². The zero-order valence-corrected chi connectivity index (χ0v) is 19.6. The summed E-state index contributed by atoms with van der Waals surface area (Å²) in [5.74, 6) is 1.69. The van der Waals surface area contributed by atoms with Crippen molar-refractivity contribution in [3.05, 3.63) is 35.7 Å². The summed E-state index contributed by atoms with van der Waals surface area (Å²) >= 11 is 0. The fourth-order valence-corrected chi connectivity index (χ4v) is 5.22. The van der Waals surface area contributed by atoms with Gasteiger partial charge in [-0.25, -0.2) is 9.78 Å². The van der Waals surface area contributed by atoms with E-state index in [1.807, 2.05) is 26.0 Å². The SMILES string of the molecule is CCC(=O)N1[C@@H]2CC[C@H]1CC(Nc1nc(Nc3cc(C)[nH]n3)cc3ncc(C(=O)OC)cc13)C2. The van der Waals surface area contributed by atoms with E-state index in [0.717, 1.165) is 36.8 Å². The third kappa shape index (κ3) is 4.15. The standard InChI is InChI=1S/C24H29N7O3/c1-4-22(32)31-16-5-6-17(31)10-15(9-16)26-23-18-8-14(24(33)34-3)12-25-19(18)11-20(28-23)27-21-7-13(2)29-30-21/h7-8,11-12,15-17H,4-6,9-10H2,1-3H3,(H3,26,27,28,29,30)/t15?,16-,17+. The molecule has 178 valence electrons. The molecule has 0 radical (unpaired) electrons. The first-order valence-electron chi connectivity index (χ1n) is 11.7. The molecule has 34 heavy (non-hydrogen) atoms. The van der Waals surface area contributed by atoms with Crippen LogP contribution in [0.1, 0.15) is 55.1 Å². The number of esters is 1. The van der Waals surface area contributed by atoms with E-state index in [2.05, 4.69) is 30.7 Å². The quantitative estimate of drug-likeness (QED) is 0.474. The van der Waals surface area contributed by atoms with Crippen LogP contribution < -0.4 is 10.6 Å². The fraction of sp³-hybridized carbons (Fsp3) is 0.458. The van der Waals surface area contributed by atoms with Crippen molar-refractivity contribution in [3.63, 3.8) is 0 Å². The number of H-pyrrole nitrogens is 1. The van der Waals surface area contributed by atoms with Crippen molar-refractivity contribution >= 4 is 40.2 Å². The van der Waals surface area contributed by atoms with E-state index in [4.69, 9.17) is 9.72 Å². The first-order valence-corrected chi connectivity index (χ1v) is 11.7. The molecule has 5 rings (SSSR count). The number of carbonyl (C=O) groups excluding carboxylic acids is 2. The van der Waals surface area contributed by atoms with Gasteiger partial charge in [0.15, 0.2) is 5.82 Å². The van der Waals surface area contributed by atoms with E-state index in [1.54, 1.807) is 6.07 Å². The molecule has 2 saturated heterocycles. The van der Waals surface area contributed by atoms with Crippen LogP contribution >= 0.6 is 0 Å². The summed E-state index contributed by atoms with van der Waals surface area (Å²) in [7, 11) is 1.35. The number of ether oxygens (including phenoxy) is 1. The Morgan fingerprint density at radius 1 is 1.18 bits per heavy atom. The molecule has 0 spiro atoms. The van der Waals surface area contributed by atoms with Crippen LogP contribution in [0.25, 0.3) is 10.9 Å². The molecule has 10 heteroatoms. The Bertz CT molecular complexity index is 1230. The van der Waals surface area contributed by atoms with E-state index in [-0.39, 0.29) is 24.0 Å². The van der Waals surface area contributed by atoms with Crippen molar-refractivity contribution in [3.8, 4) is 0 Å². The number of aromatic nitrogens is 4. The maximum atomic E-state index is 12.4. The number of fused-ring (bicyclic) bond motifs is 3. The Morgan fingerprint density at radius 2 is 1.94 bits per heavy atom. The van der Waals surface area contributed by atoms with Gasteiger partial charge in [0.25, 0.3) is 0 Å². The van der Waals surface area contributed by atoms with Gasteiger partial charge in [-0.05, 0) is 38.7 Å². The number of anilines is 3. The molecule has 2 aliphatic heterocycles. The monoisotopic (exact) mass is 463 g/mol. The first-order chi connectivity index (χ1) is 16.4. The Hall–Kier alpha value is -3.69. The number of carbonyl (C=O) groups is 2. The minimum atomic E-state index is -0.445. The zero-order valence-electron chi connectivity index (χ0n) is 19.6. The molecule has 3 atom stereocenters. The second kappa shape index (κ2) is 8.92. The summed E-state index contributed by atoms with van der Waals surface area (Å²) in [6, 6.07) is 6.16. The fourth-order valence-electron chi connectivity index (χ4n) is 5.22. The molecule has 5 heterocycles. The van der Waals surface area contributed by atoms with Gasteiger partial charge in [0.05, 0.1) is 18.2 Å². The van der Waals surface area contributed by atoms with Crippen molar-refractivity contribution in [2.75, 3.05) is 17.7 Å². The molecule has 10 nitrogen and oxygen atoms in total. The van der Waals surface area contributed by atoms with Crippen LogP contribution in [-0.2, 0) is 9.53 Å². The Labute approximate surface area is 197 Å². The van der Waals surface area contributed by atoms with Crippen LogP contribution in [0.15, 0.2) is 24.4 Å². The molecule has 2 fully saturated rings. The number of rotatable bonds is 6. The summed E-state index contributed by atoms with van der Waals surface area (Å²) < 4.78 is 4.88. The Morgan fingerprint density at radius 3 is 2.59 bits per heavy atom. The highest BCUT2D eigenvalue weighted by Gasteiger charge is 2.42. The van der Waals surface area contributed by atoms with Crippen LogP contribution in [0.4, 0.5) is 17.5 Å². The molecule has 1 unspecified atom stereocenters. The molecule has 0 aromatic carbocycles. The zero-order chi connectivity index (χ0) is 23.8. The van der Waals surface area contributed by atoms with Crippen LogP contribution in [0.3, 0.4) is 0 Å². The minimum Gasteiger partial charge on any atom is -0.465 e. The van der Waals surface area contributed by atoms with Gasteiger partial charge in [0.1, 0.15) is 11.6 Å². The molecule has 2 aliphatic rings. The molecule has 3 N–H and O–H groups in total. The molecule has 3 aromatic rings. The third-order valence-corrected chi connectivity index (χ3v) is 6.73. The van der Waals surface area contributed by atoms with Gasteiger partial charge in [-0.1, -0.05) is 6.92 Å².